The summed E-state index contributed by atoms with van der Waals surface area (Å²) in [6.45, 7) is 4.14. The third-order valence-corrected chi connectivity index (χ3v) is 3.44. The lowest BCUT2D eigenvalue weighted by molar-refractivity contribution is 0.0949. The molecular weight excluding hydrogens is 278 g/mol. The fourth-order valence-corrected chi connectivity index (χ4v) is 2.50. The first-order valence-corrected chi connectivity index (χ1v) is 7.09. The number of aromatic nitrogens is 3. The highest BCUT2D eigenvalue weighted by Gasteiger charge is 2.19. The van der Waals surface area contributed by atoms with E-state index in [0.717, 1.165) is 22.2 Å². The van der Waals surface area contributed by atoms with Crippen molar-refractivity contribution in [2.75, 3.05) is 0 Å². The number of nitrogens with zero attached hydrogens (tertiary/aromatic N) is 2. The lowest BCUT2D eigenvalue weighted by Crippen LogP contribution is -2.19. The molecule has 0 saturated heterocycles. The molecule has 2 aromatic heterocycles. The quantitative estimate of drug-likeness (QED) is 0.510. The number of imidazole rings is 1. The van der Waals surface area contributed by atoms with Gasteiger partial charge in [0.2, 0.25) is 0 Å². The molecule has 6 heteroatoms. The Labute approximate surface area is 127 Å². The van der Waals surface area contributed by atoms with Crippen LogP contribution in [0.15, 0.2) is 41.9 Å². The van der Waals surface area contributed by atoms with E-state index in [-0.39, 0.29) is 11.8 Å². The highest BCUT2D eigenvalue weighted by atomic mass is 16.2. The predicted molar refractivity (Wildman–Crippen MR) is 86.0 cm³/mol. The molecule has 112 valence electrons. The summed E-state index contributed by atoms with van der Waals surface area (Å²) in [6.07, 6.45) is 4.69. The number of aromatic amines is 2. The fraction of sp³-hybridized carbons (Fsp3) is 0.188. The first kappa shape index (κ1) is 14.1. The van der Waals surface area contributed by atoms with Crippen LogP contribution in [0.3, 0.4) is 0 Å². The average Bonchev–Trinajstić information content (AvgIpc) is 3.13. The van der Waals surface area contributed by atoms with E-state index in [0.29, 0.717) is 5.69 Å². The van der Waals surface area contributed by atoms with Gasteiger partial charge >= 0.3 is 0 Å². The number of nitrogens with one attached hydrogen (secondary N) is 3. The van der Waals surface area contributed by atoms with E-state index in [1.165, 1.54) is 6.21 Å². The number of carbonyl (C=O) groups is 1. The van der Waals surface area contributed by atoms with Crippen molar-refractivity contribution in [2.24, 2.45) is 5.10 Å². The van der Waals surface area contributed by atoms with Crippen molar-refractivity contribution >= 4 is 23.0 Å². The monoisotopic (exact) mass is 295 g/mol. The van der Waals surface area contributed by atoms with E-state index in [4.69, 9.17) is 0 Å². The molecule has 0 aliphatic carbocycles. The van der Waals surface area contributed by atoms with Gasteiger partial charge < -0.3 is 9.97 Å². The second-order valence-corrected chi connectivity index (χ2v) is 5.32. The van der Waals surface area contributed by atoms with Crippen LogP contribution in [0.2, 0.25) is 0 Å². The third-order valence-electron chi connectivity index (χ3n) is 3.44. The molecular formula is C16H17N5O. The topological polar surface area (TPSA) is 85.9 Å². The standard InChI is InChI=1S/C16H17N5O/c1-10(2)14-12-5-3-4-6-13(12)20-15(14)16(22)21-19-8-11-7-17-9-18-11/h3-10,20H,1-2H3,(H,17,18)(H,21,22). The van der Waals surface area contributed by atoms with Crippen molar-refractivity contribution < 1.29 is 4.79 Å². The van der Waals surface area contributed by atoms with Gasteiger partial charge in [-0.15, -0.1) is 0 Å². The number of hydrogen-bond donors (Lipinski definition) is 3. The maximum absolute atomic E-state index is 12.4. The van der Waals surface area contributed by atoms with Crippen LogP contribution in [0.25, 0.3) is 10.9 Å². The molecule has 3 rings (SSSR count). The Morgan fingerprint density at radius 3 is 2.91 bits per heavy atom. The third kappa shape index (κ3) is 2.63. The first-order chi connectivity index (χ1) is 10.7. The number of H-pyrrole nitrogens is 2. The summed E-state index contributed by atoms with van der Waals surface area (Å²) in [7, 11) is 0. The highest BCUT2D eigenvalue weighted by molar-refractivity contribution is 6.01. The van der Waals surface area contributed by atoms with Crippen LogP contribution in [0.4, 0.5) is 0 Å². The first-order valence-electron chi connectivity index (χ1n) is 7.09. The SMILES string of the molecule is CC(C)c1c(C(=O)NN=Cc2cnc[nH]2)[nH]c2ccccc12. The molecule has 0 saturated carbocycles. The van der Waals surface area contributed by atoms with Crippen LogP contribution in [0.1, 0.15) is 41.5 Å². The van der Waals surface area contributed by atoms with Gasteiger partial charge in [-0.2, -0.15) is 5.10 Å². The number of amides is 1. The molecule has 3 aromatic rings. The van der Waals surface area contributed by atoms with Crippen LogP contribution in [-0.2, 0) is 0 Å². The summed E-state index contributed by atoms with van der Waals surface area (Å²) in [5, 5.41) is 5.01. The largest absolute Gasteiger partial charge is 0.350 e. The van der Waals surface area contributed by atoms with Crippen molar-refractivity contribution in [1.82, 2.24) is 20.4 Å². The molecule has 1 amide bonds. The van der Waals surface area contributed by atoms with Crippen LogP contribution in [-0.4, -0.2) is 27.1 Å². The lowest BCUT2D eigenvalue weighted by atomic mass is 9.99. The Morgan fingerprint density at radius 2 is 2.18 bits per heavy atom. The second kappa shape index (κ2) is 5.85. The molecule has 0 radical (unpaired) electrons. The molecule has 22 heavy (non-hydrogen) atoms. The normalized spacial score (nSPS) is 11.6. The van der Waals surface area contributed by atoms with Crippen LogP contribution in [0.5, 0.6) is 0 Å². The summed E-state index contributed by atoms with van der Waals surface area (Å²) in [5.41, 5.74) is 5.78. The zero-order valence-corrected chi connectivity index (χ0v) is 12.4. The number of hydrazone groups is 1. The van der Waals surface area contributed by atoms with E-state index in [9.17, 15) is 4.79 Å². The Kier molecular flexibility index (Phi) is 3.74. The lowest BCUT2D eigenvalue weighted by Gasteiger charge is -2.06. The molecule has 6 nitrogen and oxygen atoms in total. The highest BCUT2D eigenvalue weighted by Crippen LogP contribution is 2.28. The number of benzene rings is 1. The predicted octanol–water partition coefficient (Wildman–Crippen LogP) is 2.78. The van der Waals surface area contributed by atoms with Crippen molar-refractivity contribution in [3.05, 3.63) is 53.7 Å². The minimum atomic E-state index is -0.254. The summed E-state index contributed by atoms with van der Waals surface area (Å²) < 4.78 is 0. The zero-order valence-electron chi connectivity index (χ0n) is 12.4. The fourth-order valence-electron chi connectivity index (χ4n) is 2.50. The Balaban J connectivity index is 1.88. The number of rotatable bonds is 4. The summed E-state index contributed by atoms with van der Waals surface area (Å²) in [5.74, 6) is -0.0239. The maximum Gasteiger partial charge on any atom is 0.288 e. The molecule has 0 atom stereocenters. The van der Waals surface area contributed by atoms with E-state index in [2.05, 4.69) is 39.3 Å². The van der Waals surface area contributed by atoms with Gasteiger partial charge in [-0.1, -0.05) is 32.0 Å². The minimum Gasteiger partial charge on any atom is -0.350 e. The smallest absolute Gasteiger partial charge is 0.288 e. The van der Waals surface area contributed by atoms with E-state index >= 15 is 0 Å². The molecule has 0 aliphatic rings. The number of hydrogen-bond acceptors (Lipinski definition) is 3. The second-order valence-electron chi connectivity index (χ2n) is 5.32. The zero-order chi connectivity index (χ0) is 15.5. The van der Waals surface area contributed by atoms with Gasteiger partial charge in [0.15, 0.2) is 0 Å². The minimum absolute atomic E-state index is 0.230. The van der Waals surface area contributed by atoms with Gasteiger partial charge in [-0.05, 0) is 17.5 Å². The molecule has 0 aliphatic heterocycles. The van der Waals surface area contributed by atoms with E-state index < -0.39 is 0 Å². The average molecular weight is 295 g/mol. The van der Waals surface area contributed by atoms with Crippen LogP contribution < -0.4 is 5.43 Å². The summed E-state index contributed by atoms with van der Waals surface area (Å²) >= 11 is 0. The molecule has 1 aromatic carbocycles. The van der Waals surface area contributed by atoms with Crippen molar-refractivity contribution in [1.29, 1.82) is 0 Å². The molecule has 0 unspecified atom stereocenters. The van der Waals surface area contributed by atoms with Crippen LogP contribution >= 0.6 is 0 Å². The van der Waals surface area contributed by atoms with Gasteiger partial charge in [0, 0.05) is 10.9 Å². The van der Waals surface area contributed by atoms with Gasteiger partial charge in [0.1, 0.15) is 5.69 Å². The molecule has 0 fully saturated rings. The Morgan fingerprint density at radius 1 is 1.36 bits per heavy atom. The number of carbonyl (C=O) groups excluding carboxylic acids is 1. The summed E-state index contributed by atoms with van der Waals surface area (Å²) in [4.78, 5) is 22.3. The Bertz CT molecular complexity index is 814. The maximum atomic E-state index is 12.4. The number of para-hydroxylation sites is 1. The molecule has 0 spiro atoms. The van der Waals surface area contributed by atoms with Crippen molar-refractivity contribution in [2.45, 2.75) is 19.8 Å². The van der Waals surface area contributed by atoms with Crippen molar-refractivity contribution in [3.63, 3.8) is 0 Å². The van der Waals surface area contributed by atoms with Gasteiger partial charge in [0.25, 0.3) is 5.91 Å². The van der Waals surface area contributed by atoms with Gasteiger partial charge in [0.05, 0.1) is 24.4 Å². The molecule has 2 heterocycles. The molecule has 0 bridgehead atoms. The van der Waals surface area contributed by atoms with Crippen LogP contribution in [0, 0.1) is 0 Å². The Hall–Kier alpha value is -2.89. The van der Waals surface area contributed by atoms with Gasteiger partial charge in [-0.25, -0.2) is 10.4 Å². The van der Waals surface area contributed by atoms with E-state index in [1.54, 1.807) is 12.5 Å². The van der Waals surface area contributed by atoms with Crippen molar-refractivity contribution in [3.8, 4) is 0 Å². The summed E-state index contributed by atoms with van der Waals surface area (Å²) in [6, 6.07) is 7.90. The van der Waals surface area contributed by atoms with Gasteiger partial charge in [-0.3, -0.25) is 4.79 Å². The number of fused-ring (bicyclic) bond motifs is 1. The molecule has 3 N–H and O–H groups in total. The van der Waals surface area contributed by atoms with E-state index in [1.807, 2.05) is 24.3 Å².